The molecule has 0 heterocycles. The first kappa shape index (κ1) is 11.2. The molecule has 0 spiro atoms. The summed E-state index contributed by atoms with van der Waals surface area (Å²) in [6.07, 6.45) is -0.954. The maximum Gasteiger partial charge on any atom is 0.338 e. The van der Waals surface area contributed by atoms with Crippen molar-refractivity contribution in [2.75, 3.05) is 6.61 Å². The predicted octanol–water partition coefficient (Wildman–Crippen LogP) is 1.12. The molecule has 0 radical (unpaired) electrons. The Hall–Kier alpha value is -1.86. The van der Waals surface area contributed by atoms with Crippen molar-refractivity contribution in [2.24, 2.45) is 0 Å². The molecule has 0 saturated carbocycles. The summed E-state index contributed by atoms with van der Waals surface area (Å²) >= 11 is 0. The number of rotatable bonds is 4. The molecule has 0 amide bonds. The van der Waals surface area contributed by atoms with E-state index >= 15 is 0 Å². The fourth-order valence-electron chi connectivity index (χ4n) is 0.994. The molecule has 15 heavy (non-hydrogen) atoms. The van der Waals surface area contributed by atoms with Gasteiger partial charge in [-0.05, 0) is 12.1 Å². The molecule has 78 valence electrons. The number of nitrogens with zero attached hydrogens (tertiary/aromatic N) is 1. The topological polar surface area (TPSA) is 70.3 Å². The number of nitriles is 1. The molecule has 0 aromatic heterocycles. The first-order valence-corrected chi connectivity index (χ1v) is 4.51. The van der Waals surface area contributed by atoms with E-state index in [1.54, 1.807) is 36.4 Å². The molecule has 0 bridgehead atoms. The average molecular weight is 205 g/mol. The van der Waals surface area contributed by atoms with Crippen molar-refractivity contribution in [2.45, 2.75) is 12.5 Å². The summed E-state index contributed by atoms with van der Waals surface area (Å²) in [5, 5.41) is 17.4. The van der Waals surface area contributed by atoms with Gasteiger partial charge in [0.05, 0.1) is 18.1 Å². The first-order chi connectivity index (χ1) is 7.24. The van der Waals surface area contributed by atoms with Crippen LogP contribution in [0.2, 0.25) is 0 Å². The number of hydrogen-bond donors (Lipinski definition) is 1. The zero-order chi connectivity index (χ0) is 11.1. The van der Waals surface area contributed by atoms with E-state index in [9.17, 15) is 4.79 Å². The third kappa shape index (κ3) is 3.79. The van der Waals surface area contributed by atoms with Crippen molar-refractivity contribution >= 4 is 5.97 Å². The van der Waals surface area contributed by atoms with E-state index < -0.39 is 12.1 Å². The SMILES string of the molecule is N#CCC(O)COC(=O)c1ccccc1. The van der Waals surface area contributed by atoms with Crippen LogP contribution in [0.3, 0.4) is 0 Å². The Morgan fingerprint density at radius 3 is 2.73 bits per heavy atom. The van der Waals surface area contributed by atoms with Crippen molar-refractivity contribution in [3.8, 4) is 6.07 Å². The Bertz CT molecular complexity index is 356. The molecule has 0 saturated heterocycles. The third-order valence-electron chi connectivity index (χ3n) is 1.74. The van der Waals surface area contributed by atoms with E-state index in [-0.39, 0.29) is 13.0 Å². The van der Waals surface area contributed by atoms with Crippen molar-refractivity contribution in [1.82, 2.24) is 0 Å². The van der Waals surface area contributed by atoms with E-state index in [4.69, 9.17) is 15.1 Å². The summed E-state index contributed by atoms with van der Waals surface area (Å²) in [5.41, 5.74) is 0.432. The maximum absolute atomic E-state index is 11.3. The highest BCUT2D eigenvalue weighted by Crippen LogP contribution is 2.02. The minimum atomic E-state index is -0.914. The van der Waals surface area contributed by atoms with Crippen LogP contribution in [0.4, 0.5) is 0 Å². The molecule has 1 atom stereocenters. The number of benzene rings is 1. The lowest BCUT2D eigenvalue weighted by atomic mass is 10.2. The van der Waals surface area contributed by atoms with Gasteiger partial charge in [-0.15, -0.1) is 0 Å². The molecule has 4 heteroatoms. The molecule has 1 N–H and O–H groups in total. The van der Waals surface area contributed by atoms with Gasteiger partial charge in [0.15, 0.2) is 0 Å². The molecular weight excluding hydrogens is 194 g/mol. The fourth-order valence-corrected chi connectivity index (χ4v) is 0.994. The molecule has 0 aliphatic rings. The summed E-state index contributed by atoms with van der Waals surface area (Å²) in [5.74, 6) is -0.493. The number of aliphatic hydroxyl groups excluding tert-OH is 1. The van der Waals surface area contributed by atoms with Crippen LogP contribution in [0.25, 0.3) is 0 Å². The van der Waals surface area contributed by atoms with Crippen LogP contribution in [-0.2, 0) is 4.74 Å². The molecule has 0 fully saturated rings. The minimum Gasteiger partial charge on any atom is -0.459 e. The highest BCUT2D eigenvalue weighted by molar-refractivity contribution is 5.89. The van der Waals surface area contributed by atoms with Gasteiger partial charge in [0.25, 0.3) is 0 Å². The summed E-state index contributed by atoms with van der Waals surface area (Å²) < 4.78 is 4.80. The molecule has 1 aromatic carbocycles. The monoisotopic (exact) mass is 205 g/mol. The maximum atomic E-state index is 11.3. The number of hydrogen-bond acceptors (Lipinski definition) is 4. The number of carbonyl (C=O) groups excluding carboxylic acids is 1. The van der Waals surface area contributed by atoms with Crippen LogP contribution in [0, 0.1) is 11.3 Å². The van der Waals surface area contributed by atoms with Gasteiger partial charge in [-0.2, -0.15) is 5.26 Å². The second-order valence-electron chi connectivity index (χ2n) is 2.98. The Kier molecular flexibility index (Phi) is 4.32. The Balaban J connectivity index is 2.41. The van der Waals surface area contributed by atoms with Gasteiger partial charge in [-0.3, -0.25) is 0 Å². The average Bonchev–Trinajstić information content (AvgIpc) is 2.27. The quantitative estimate of drug-likeness (QED) is 0.747. The largest absolute Gasteiger partial charge is 0.459 e. The van der Waals surface area contributed by atoms with Crippen LogP contribution in [0.1, 0.15) is 16.8 Å². The zero-order valence-electron chi connectivity index (χ0n) is 8.09. The van der Waals surface area contributed by atoms with Gasteiger partial charge in [0.2, 0.25) is 0 Å². The number of aliphatic hydroxyl groups is 1. The molecule has 1 aromatic rings. The van der Waals surface area contributed by atoms with Gasteiger partial charge in [0.1, 0.15) is 12.7 Å². The van der Waals surface area contributed by atoms with E-state index in [0.29, 0.717) is 5.56 Å². The predicted molar refractivity (Wildman–Crippen MR) is 53.0 cm³/mol. The van der Waals surface area contributed by atoms with Gasteiger partial charge >= 0.3 is 5.97 Å². The lowest BCUT2D eigenvalue weighted by Crippen LogP contribution is -2.18. The zero-order valence-corrected chi connectivity index (χ0v) is 8.09. The van der Waals surface area contributed by atoms with Crippen molar-refractivity contribution in [3.63, 3.8) is 0 Å². The number of carbonyl (C=O) groups is 1. The lowest BCUT2D eigenvalue weighted by Gasteiger charge is -2.07. The summed E-state index contributed by atoms with van der Waals surface area (Å²) in [6.45, 7) is -0.152. The Morgan fingerprint density at radius 2 is 2.13 bits per heavy atom. The van der Waals surface area contributed by atoms with E-state index in [0.717, 1.165) is 0 Å². The summed E-state index contributed by atoms with van der Waals surface area (Å²) in [7, 11) is 0. The standard InChI is InChI=1S/C11H11NO3/c12-7-6-10(13)8-15-11(14)9-4-2-1-3-5-9/h1-5,10,13H,6,8H2. The van der Waals surface area contributed by atoms with Gasteiger partial charge in [-0.25, -0.2) is 4.79 Å². The number of esters is 1. The molecule has 0 aliphatic carbocycles. The Morgan fingerprint density at radius 1 is 1.47 bits per heavy atom. The van der Waals surface area contributed by atoms with Crippen LogP contribution in [-0.4, -0.2) is 23.8 Å². The summed E-state index contributed by atoms with van der Waals surface area (Å²) in [4.78, 5) is 11.3. The van der Waals surface area contributed by atoms with Crippen LogP contribution >= 0.6 is 0 Å². The Labute approximate surface area is 87.7 Å². The minimum absolute atomic E-state index is 0.0396. The van der Waals surface area contributed by atoms with Gasteiger partial charge in [0, 0.05) is 0 Å². The third-order valence-corrected chi connectivity index (χ3v) is 1.74. The second kappa shape index (κ2) is 5.78. The van der Waals surface area contributed by atoms with Crippen molar-refractivity contribution in [1.29, 1.82) is 5.26 Å². The second-order valence-corrected chi connectivity index (χ2v) is 2.98. The van der Waals surface area contributed by atoms with E-state index in [1.807, 2.05) is 0 Å². The van der Waals surface area contributed by atoms with E-state index in [1.165, 1.54) is 0 Å². The smallest absolute Gasteiger partial charge is 0.338 e. The lowest BCUT2D eigenvalue weighted by molar-refractivity contribution is 0.0268. The normalized spacial score (nSPS) is 11.5. The van der Waals surface area contributed by atoms with Crippen molar-refractivity contribution in [3.05, 3.63) is 35.9 Å². The molecule has 4 nitrogen and oxygen atoms in total. The van der Waals surface area contributed by atoms with E-state index in [2.05, 4.69) is 0 Å². The fraction of sp³-hybridized carbons (Fsp3) is 0.273. The molecule has 0 aliphatic heterocycles. The van der Waals surface area contributed by atoms with Crippen molar-refractivity contribution < 1.29 is 14.6 Å². The van der Waals surface area contributed by atoms with Crippen LogP contribution < -0.4 is 0 Å². The number of ether oxygens (including phenoxy) is 1. The molecular formula is C11H11NO3. The van der Waals surface area contributed by atoms with Crippen LogP contribution in [0.5, 0.6) is 0 Å². The highest BCUT2D eigenvalue weighted by Gasteiger charge is 2.09. The van der Waals surface area contributed by atoms with Gasteiger partial charge < -0.3 is 9.84 Å². The van der Waals surface area contributed by atoms with Crippen LogP contribution in [0.15, 0.2) is 30.3 Å². The molecule has 1 unspecified atom stereocenters. The molecule has 1 rings (SSSR count). The first-order valence-electron chi connectivity index (χ1n) is 4.51. The summed E-state index contributed by atoms with van der Waals surface area (Å²) in [6, 6.07) is 10.3. The highest BCUT2D eigenvalue weighted by atomic mass is 16.5. The van der Waals surface area contributed by atoms with Gasteiger partial charge in [-0.1, -0.05) is 18.2 Å².